The summed E-state index contributed by atoms with van der Waals surface area (Å²) in [7, 11) is 1.36. The van der Waals surface area contributed by atoms with Crippen LogP contribution in [0.4, 0.5) is 4.39 Å². The molecule has 1 aromatic carbocycles. The maximum Gasteiger partial charge on any atom is 0.400 e. The lowest BCUT2D eigenvalue weighted by Gasteiger charge is -2.02. The highest BCUT2D eigenvalue weighted by Gasteiger charge is 2.02. The fraction of sp³-hybridized carbons (Fsp3) is 0. The Morgan fingerprint density at radius 2 is 2.38 bits per heavy atom. The number of halogens is 1. The van der Waals surface area contributed by atoms with Crippen molar-refractivity contribution in [3.8, 4) is 11.8 Å². The second kappa shape index (κ2) is 4.32. The third kappa shape index (κ3) is 2.34. The van der Waals surface area contributed by atoms with Crippen LogP contribution < -0.4 is 4.65 Å². The molecule has 0 aliphatic rings. The Kier molecular flexibility index (Phi) is 3.10. The highest BCUT2D eigenvalue weighted by atomic mass is 19.1. The number of rotatable bonds is 3. The van der Waals surface area contributed by atoms with E-state index in [1.165, 1.54) is 31.7 Å². The summed E-state index contributed by atoms with van der Waals surface area (Å²) >= 11 is 0. The highest BCUT2D eigenvalue weighted by Crippen LogP contribution is 2.15. The monoisotopic (exact) mass is 174 g/mol. The average molecular weight is 174 g/mol. The van der Waals surface area contributed by atoms with E-state index in [1.54, 1.807) is 6.07 Å². The van der Waals surface area contributed by atoms with Crippen molar-refractivity contribution in [2.45, 2.75) is 0 Å². The van der Waals surface area contributed by atoms with Gasteiger partial charge in [-0.1, -0.05) is 5.98 Å². The van der Waals surface area contributed by atoms with Gasteiger partial charge in [-0.2, -0.15) is 5.26 Å². The molecule has 1 radical (unpaired) electrons. The maximum atomic E-state index is 12.8. The van der Waals surface area contributed by atoms with Gasteiger partial charge in [0.2, 0.25) is 0 Å². The molecule has 4 heteroatoms. The summed E-state index contributed by atoms with van der Waals surface area (Å²) < 4.78 is 17.8. The number of hydrogen-bond donors (Lipinski definition) is 0. The van der Waals surface area contributed by atoms with Gasteiger partial charge in [0.05, 0.1) is 5.56 Å². The van der Waals surface area contributed by atoms with Crippen LogP contribution in [0.15, 0.2) is 30.8 Å². The first-order chi connectivity index (χ1) is 6.27. The van der Waals surface area contributed by atoms with E-state index < -0.39 is 5.82 Å². The van der Waals surface area contributed by atoms with Crippen molar-refractivity contribution < 1.29 is 9.04 Å². The topological polar surface area (TPSA) is 33.0 Å². The second-order valence-corrected chi connectivity index (χ2v) is 2.24. The molecule has 0 fully saturated rings. The fourth-order valence-corrected chi connectivity index (χ4v) is 0.790. The van der Waals surface area contributed by atoms with Crippen LogP contribution in [0.1, 0.15) is 5.56 Å². The summed E-state index contributed by atoms with van der Waals surface area (Å²) in [6.07, 6.45) is 0. The summed E-state index contributed by atoms with van der Waals surface area (Å²) in [5, 5.41) is 8.49. The average Bonchev–Trinajstić information content (AvgIpc) is 2.16. The van der Waals surface area contributed by atoms with Crippen molar-refractivity contribution in [1.29, 1.82) is 5.26 Å². The van der Waals surface area contributed by atoms with Gasteiger partial charge < -0.3 is 4.65 Å². The maximum absolute atomic E-state index is 12.8. The summed E-state index contributed by atoms with van der Waals surface area (Å²) in [5.41, 5.74) is -0.0324. The molecule has 0 atom stereocenters. The van der Waals surface area contributed by atoms with Gasteiger partial charge in [0.15, 0.2) is 0 Å². The van der Waals surface area contributed by atoms with Gasteiger partial charge in [0, 0.05) is 0 Å². The zero-order valence-electron chi connectivity index (χ0n) is 6.83. The van der Waals surface area contributed by atoms with Crippen LogP contribution in [0.5, 0.6) is 5.75 Å². The number of nitriles is 1. The summed E-state index contributed by atoms with van der Waals surface area (Å²) in [4.78, 5) is 0. The van der Waals surface area contributed by atoms with Gasteiger partial charge in [-0.3, -0.25) is 0 Å². The minimum absolute atomic E-state index is 0.0324. The number of benzene rings is 1. The molecule has 0 aliphatic carbocycles. The van der Waals surface area contributed by atoms with Gasteiger partial charge in [-0.05, 0) is 18.2 Å². The first kappa shape index (κ1) is 9.33. The lowest BCUT2D eigenvalue weighted by Crippen LogP contribution is -1.98. The van der Waals surface area contributed by atoms with E-state index in [4.69, 9.17) is 9.92 Å². The third-order valence-corrected chi connectivity index (χ3v) is 1.36. The van der Waals surface area contributed by atoms with E-state index in [0.717, 1.165) is 0 Å². The Morgan fingerprint density at radius 1 is 1.62 bits per heavy atom. The molecule has 0 heterocycles. The lowest BCUT2D eigenvalue weighted by atomic mass is 10.0. The van der Waals surface area contributed by atoms with Crippen molar-refractivity contribution in [2.75, 3.05) is 0 Å². The zero-order valence-corrected chi connectivity index (χ0v) is 6.83. The molecule has 0 unspecified atom stereocenters. The molecule has 0 aromatic heterocycles. The highest BCUT2D eigenvalue weighted by molar-refractivity contribution is 6.35. The first-order valence-corrected chi connectivity index (χ1v) is 3.58. The predicted molar refractivity (Wildman–Crippen MR) is 47.7 cm³/mol. The molecule has 0 amide bonds. The van der Waals surface area contributed by atoms with Crippen molar-refractivity contribution in [3.05, 3.63) is 42.1 Å². The Balaban J connectivity index is 2.87. The van der Waals surface area contributed by atoms with Crippen LogP contribution in [0.25, 0.3) is 0 Å². The van der Waals surface area contributed by atoms with Gasteiger partial charge in [0.25, 0.3) is 0 Å². The largest absolute Gasteiger partial charge is 0.558 e. The van der Waals surface area contributed by atoms with Crippen LogP contribution in [0, 0.1) is 17.1 Å². The standard InChI is InChI=1S/C9H6BFNO/c1-2-10-13-8-3-4-9(11)7(5-8)6-12/h2-5H,1H2. The molecule has 0 saturated carbocycles. The van der Waals surface area contributed by atoms with Crippen LogP contribution >= 0.6 is 0 Å². The van der Waals surface area contributed by atoms with Crippen LogP contribution in [-0.2, 0) is 0 Å². The van der Waals surface area contributed by atoms with E-state index in [2.05, 4.69) is 6.58 Å². The number of nitrogens with zero attached hydrogens (tertiary/aromatic N) is 1. The van der Waals surface area contributed by atoms with Crippen molar-refractivity contribution in [2.24, 2.45) is 0 Å². The van der Waals surface area contributed by atoms with Crippen LogP contribution in [0.3, 0.4) is 0 Å². The molecule has 13 heavy (non-hydrogen) atoms. The van der Waals surface area contributed by atoms with Gasteiger partial charge in [-0.25, -0.2) is 4.39 Å². The van der Waals surface area contributed by atoms with Crippen molar-refractivity contribution in [1.82, 2.24) is 0 Å². The first-order valence-electron chi connectivity index (χ1n) is 3.58. The molecule has 2 nitrogen and oxygen atoms in total. The van der Waals surface area contributed by atoms with Gasteiger partial charge in [0.1, 0.15) is 17.6 Å². The number of hydrogen-bond acceptors (Lipinski definition) is 2. The zero-order chi connectivity index (χ0) is 9.68. The normalized spacial score (nSPS) is 8.62. The Bertz CT molecular complexity index is 359. The Labute approximate surface area is 76.5 Å². The van der Waals surface area contributed by atoms with Crippen molar-refractivity contribution >= 4 is 7.48 Å². The second-order valence-electron chi connectivity index (χ2n) is 2.24. The Morgan fingerprint density at radius 3 is 3.00 bits per heavy atom. The molecule has 0 aliphatic heterocycles. The summed E-state index contributed by atoms with van der Waals surface area (Å²) in [6, 6.07) is 5.67. The van der Waals surface area contributed by atoms with Crippen LogP contribution in [-0.4, -0.2) is 7.48 Å². The third-order valence-electron chi connectivity index (χ3n) is 1.36. The van der Waals surface area contributed by atoms with E-state index in [0.29, 0.717) is 5.75 Å². The molecular weight excluding hydrogens is 168 g/mol. The summed E-state index contributed by atoms with van der Waals surface area (Å²) in [6.45, 7) is 3.42. The fourth-order valence-electron chi connectivity index (χ4n) is 0.790. The molecule has 1 aromatic rings. The summed E-state index contributed by atoms with van der Waals surface area (Å²) in [5.74, 6) is 1.32. The van der Waals surface area contributed by atoms with Crippen molar-refractivity contribution in [3.63, 3.8) is 0 Å². The SMILES string of the molecule is C=C[B]Oc1ccc(F)c(C#N)c1. The minimum Gasteiger partial charge on any atom is -0.558 e. The Hall–Kier alpha value is -1.76. The van der Waals surface area contributed by atoms with E-state index in [9.17, 15) is 4.39 Å². The molecule has 0 spiro atoms. The van der Waals surface area contributed by atoms with Gasteiger partial charge in [-0.15, -0.1) is 6.58 Å². The quantitative estimate of drug-likeness (QED) is 0.654. The molecule has 0 saturated heterocycles. The van der Waals surface area contributed by atoms with E-state index in [-0.39, 0.29) is 5.56 Å². The van der Waals surface area contributed by atoms with E-state index >= 15 is 0 Å². The predicted octanol–water partition coefficient (Wildman–Crippen LogP) is 1.84. The molecule has 63 valence electrons. The van der Waals surface area contributed by atoms with Crippen LogP contribution in [0.2, 0.25) is 0 Å². The molecule has 0 bridgehead atoms. The minimum atomic E-state index is -0.548. The smallest absolute Gasteiger partial charge is 0.400 e. The molecule has 0 N–H and O–H groups in total. The van der Waals surface area contributed by atoms with E-state index in [1.807, 2.05) is 0 Å². The lowest BCUT2D eigenvalue weighted by molar-refractivity contribution is 0.589. The molecule has 1 rings (SSSR count). The molecular formula is C9H6BFNO. The van der Waals surface area contributed by atoms with Gasteiger partial charge >= 0.3 is 7.48 Å².